The molecular formula is C16H25F3N2. The van der Waals surface area contributed by atoms with Crippen molar-refractivity contribution in [3.8, 4) is 0 Å². The first-order chi connectivity index (χ1) is 9.85. The topological polar surface area (TPSA) is 15.3 Å². The van der Waals surface area contributed by atoms with Crippen molar-refractivity contribution in [1.29, 1.82) is 0 Å². The normalized spacial score (nSPS) is 13.0. The number of hydrogen-bond acceptors (Lipinski definition) is 2. The van der Waals surface area contributed by atoms with Gasteiger partial charge < -0.3 is 10.2 Å². The smallest absolute Gasteiger partial charge is 0.383 e. The number of alkyl halides is 3. The van der Waals surface area contributed by atoms with Crippen molar-refractivity contribution >= 4 is 11.4 Å². The number of nitrogens with zero attached hydrogens (tertiary/aromatic N) is 1. The predicted molar refractivity (Wildman–Crippen MR) is 83.0 cm³/mol. The number of nitrogens with one attached hydrogen (secondary N) is 1. The molecule has 1 aromatic rings. The first-order valence-corrected chi connectivity index (χ1v) is 7.54. The standard InChI is InChI=1S/C16H25F3N2/c1-4-21(5-2)15-10-8-14(9-11-15)20-13(3)7-6-12-16(17,18)19/h8-11,13,20H,4-7,12H2,1-3H3. The number of benzene rings is 1. The molecule has 0 aromatic heterocycles. The lowest BCUT2D eigenvalue weighted by molar-refractivity contribution is -0.135. The molecule has 0 fully saturated rings. The molecule has 0 spiro atoms. The quantitative estimate of drug-likeness (QED) is 0.721. The Morgan fingerprint density at radius 1 is 1.10 bits per heavy atom. The monoisotopic (exact) mass is 302 g/mol. The molecule has 5 heteroatoms. The van der Waals surface area contributed by atoms with Crippen LogP contribution in [0, 0.1) is 0 Å². The van der Waals surface area contributed by atoms with Crippen LogP contribution in [0.4, 0.5) is 24.5 Å². The summed E-state index contributed by atoms with van der Waals surface area (Å²) in [6.07, 6.45) is -4.09. The molecule has 0 aliphatic heterocycles. The fraction of sp³-hybridized carbons (Fsp3) is 0.625. The Morgan fingerprint density at radius 3 is 2.14 bits per heavy atom. The third-order valence-electron chi connectivity index (χ3n) is 3.51. The molecular weight excluding hydrogens is 277 g/mol. The van der Waals surface area contributed by atoms with Gasteiger partial charge in [-0.05, 0) is 57.9 Å². The van der Waals surface area contributed by atoms with Gasteiger partial charge in [-0.3, -0.25) is 0 Å². The summed E-state index contributed by atoms with van der Waals surface area (Å²) in [5.41, 5.74) is 2.11. The van der Waals surface area contributed by atoms with Crippen LogP contribution in [-0.4, -0.2) is 25.3 Å². The summed E-state index contributed by atoms with van der Waals surface area (Å²) in [6.45, 7) is 8.04. The van der Waals surface area contributed by atoms with Crippen LogP contribution >= 0.6 is 0 Å². The Bertz CT molecular complexity index is 397. The van der Waals surface area contributed by atoms with Crippen LogP contribution in [0.2, 0.25) is 0 Å². The highest BCUT2D eigenvalue weighted by Gasteiger charge is 2.26. The van der Waals surface area contributed by atoms with Gasteiger partial charge in [0.05, 0.1) is 0 Å². The number of halogens is 3. The van der Waals surface area contributed by atoms with E-state index in [-0.39, 0.29) is 12.5 Å². The van der Waals surface area contributed by atoms with E-state index in [0.717, 1.165) is 24.5 Å². The van der Waals surface area contributed by atoms with E-state index >= 15 is 0 Å². The zero-order chi connectivity index (χ0) is 15.9. The highest BCUT2D eigenvalue weighted by molar-refractivity contribution is 5.55. The minimum absolute atomic E-state index is 0.0339. The molecule has 21 heavy (non-hydrogen) atoms. The van der Waals surface area contributed by atoms with E-state index in [4.69, 9.17) is 0 Å². The van der Waals surface area contributed by atoms with Crippen molar-refractivity contribution in [2.24, 2.45) is 0 Å². The van der Waals surface area contributed by atoms with Crippen LogP contribution in [0.3, 0.4) is 0 Å². The summed E-state index contributed by atoms with van der Waals surface area (Å²) in [5, 5.41) is 3.24. The van der Waals surface area contributed by atoms with E-state index in [1.807, 2.05) is 31.2 Å². The molecule has 0 saturated carbocycles. The van der Waals surface area contributed by atoms with E-state index in [1.54, 1.807) is 0 Å². The van der Waals surface area contributed by atoms with Crippen LogP contribution in [0.5, 0.6) is 0 Å². The van der Waals surface area contributed by atoms with Gasteiger partial charge in [-0.2, -0.15) is 13.2 Å². The minimum Gasteiger partial charge on any atom is -0.383 e. The third-order valence-corrected chi connectivity index (χ3v) is 3.51. The van der Waals surface area contributed by atoms with Gasteiger partial charge in [0.1, 0.15) is 0 Å². The van der Waals surface area contributed by atoms with Gasteiger partial charge in [-0.15, -0.1) is 0 Å². The molecule has 0 saturated heterocycles. The summed E-state index contributed by atoms with van der Waals surface area (Å²) < 4.78 is 36.3. The molecule has 0 bridgehead atoms. The van der Waals surface area contributed by atoms with E-state index < -0.39 is 12.6 Å². The second-order valence-corrected chi connectivity index (χ2v) is 5.27. The van der Waals surface area contributed by atoms with Crippen molar-refractivity contribution < 1.29 is 13.2 Å². The summed E-state index contributed by atoms with van der Waals surface area (Å²) in [7, 11) is 0. The molecule has 1 unspecified atom stereocenters. The van der Waals surface area contributed by atoms with Gasteiger partial charge in [0.15, 0.2) is 0 Å². The maximum absolute atomic E-state index is 12.1. The Kier molecular flexibility index (Phi) is 6.85. The molecule has 2 nitrogen and oxygen atoms in total. The van der Waals surface area contributed by atoms with Crippen LogP contribution in [-0.2, 0) is 0 Å². The van der Waals surface area contributed by atoms with Gasteiger partial charge in [-0.25, -0.2) is 0 Å². The molecule has 0 amide bonds. The number of rotatable bonds is 8. The molecule has 1 atom stereocenters. The molecule has 120 valence electrons. The largest absolute Gasteiger partial charge is 0.389 e. The van der Waals surface area contributed by atoms with Crippen molar-refractivity contribution in [2.75, 3.05) is 23.3 Å². The predicted octanol–water partition coefficient (Wildman–Crippen LogP) is 5.07. The van der Waals surface area contributed by atoms with Crippen molar-refractivity contribution in [3.63, 3.8) is 0 Å². The minimum atomic E-state index is -4.05. The lowest BCUT2D eigenvalue weighted by Crippen LogP contribution is -2.21. The molecule has 1 rings (SSSR count). The van der Waals surface area contributed by atoms with Gasteiger partial charge >= 0.3 is 6.18 Å². The van der Waals surface area contributed by atoms with Gasteiger partial charge in [0.25, 0.3) is 0 Å². The van der Waals surface area contributed by atoms with Crippen molar-refractivity contribution in [1.82, 2.24) is 0 Å². The van der Waals surface area contributed by atoms with Crippen LogP contribution in [0.25, 0.3) is 0 Å². The van der Waals surface area contributed by atoms with Crippen LogP contribution < -0.4 is 10.2 Å². The lowest BCUT2D eigenvalue weighted by atomic mass is 10.1. The summed E-state index contributed by atoms with van der Waals surface area (Å²) in [4.78, 5) is 2.25. The van der Waals surface area contributed by atoms with Gasteiger partial charge in [0.2, 0.25) is 0 Å². The second kappa shape index (κ2) is 8.15. The first kappa shape index (κ1) is 17.7. The fourth-order valence-corrected chi connectivity index (χ4v) is 2.32. The Morgan fingerprint density at radius 2 is 1.67 bits per heavy atom. The number of hydrogen-bond donors (Lipinski definition) is 1. The maximum atomic E-state index is 12.1. The Labute approximate surface area is 125 Å². The van der Waals surface area contributed by atoms with Crippen LogP contribution in [0.1, 0.15) is 40.0 Å². The number of anilines is 2. The van der Waals surface area contributed by atoms with Crippen molar-refractivity contribution in [3.05, 3.63) is 24.3 Å². The molecule has 1 N–H and O–H groups in total. The summed E-state index contributed by atoms with van der Waals surface area (Å²) in [6, 6.07) is 8.07. The summed E-state index contributed by atoms with van der Waals surface area (Å²) >= 11 is 0. The average molecular weight is 302 g/mol. The lowest BCUT2D eigenvalue weighted by Gasteiger charge is -2.22. The zero-order valence-corrected chi connectivity index (χ0v) is 13.0. The highest BCUT2D eigenvalue weighted by atomic mass is 19.4. The average Bonchev–Trinajstić information content (AvgIpc) is 2.40. The van der Waals surface area contributed by atoms with E-state index in [2.05, 4.69) is 24.1 Å². The Hall–Kier alpha value is -1.39. The fourth-order valence-electron chi connectivity index (χ4n) is 2.32. The van der Waals surface area contributed by atoms with E-state index in [0.29, 0.717) is 6.42 Å². The molecule has 0 aliphatic carbocycles. The first-order valence-electron chi connectivity index (χ1n) is 7.54. The van der Waals surface area contributed by atoms with E-state index in [9.17, 15) is 13.2 Å². The molecule has 0 radical (unpaired) electrons. The van der Waals surface area contributed by atoms with Gasteiger partial charge in [-0.1, -0.05) is 0 Å². The molecule has 1 aromatic carbocycles. The molecule has 0 heterocycles. The van der Waals surface area contributed by atoms with Crippen molar-refractivity contribution in [2.45, 2.75) is 52.3 Å². The molecule has 0 aliphatic rings. The highest BCUT2D eigenvalue weighted by Crippen LogP contribution is 2.23. The van der Waals surface area contributed by atoms with Gasteiger partial charge in [0, 0.05) is 36.9 Å². The van der Waals surface area contributed by atoms with Crippen LogP contribution in [0.15, 0.2) is 24.3 Å². The Balaban J connectivity index is 2.44. The zero-order valence-electron chi connectivity index (χ0n) is 13.0. The van der Waals surface area contributed by atoms with E-state index in [1.165, 1.54) is 0 Å². The maximum Gasteiger partial charge on any atom is 0.389 e. The second-order valence-electron chi connectivity index (χ2n) is 5.27. The summed E-state index contributed by atoms with van der Waals surface area (Å²) in [5.74, 6) is 0. The SMILES string of the molecule is CCN(CC)c1ccc(NC(C)CCCC(F)(F)F)cc1. The third kappa shape index (κ3) is 6.74.